The third-order valence-corrected chi connectivity index (χ3v) is 3.71. The van der Waals surface area contributed by atoms with Gasteiger partial charge in [-0.1, -0.05) is 6.07 Å². The lowest BCUT2D eigenvalue weighted by molar-refractivity contribution is -0.140. The number of carbonyl (C=O) groups is 1. The zero-order valence-corrected chi connectivity index (χ0v) is 8.80. The minimum Gasteiger partial charge on any atom is -0.481 e. The first-order valence-corrected chi connectivity index (χ1v) is 5.46. The van der Waals surface area contributed by atoms with E-state index in [0.717, 1.165) is 12.1 Å². The Balaban J connectivity index is 1.88. The lowest BCUT2D eigenvalue weighted by Crippen LogP contribution is -2.50. The number of hydrogen-bond acceptors (Lipinski definition) is 3. The average molecular weight is 219 g/mol. The molecule has 2 aliphatic rings. The van der Waals surface area contributed by atoms with Crippen LogP contribution in [0.25, 0.3) is 0 Å². The number of aromatic nitrogens is 1. The molecule has 1 aromatic heterocycles. The molecule has 3 rings (SSSR count). The molecule has 1 saturated heterocycles. The van der Waals surface area contributed by atoms with Crippen LogP contribution in [0.5, 0.6) is 0 Å². The number of carboxylic acids is 1. The molecule has 2 atom stereocenters. The summed E-state index contributed by atoms with van der Waals surface area (Å²) in [4.78, 5) is 15.3. The van der Waals surface area contributed by atoms with Gasteiger partial charge in [-0.2, -0.15) is 0 Å². The second kappa shape index (κ2) is 3.28. The summed E-state index contributed by atoms with van der Waals surface area (Å²) in [5.41, 5.74) is 0.847. The predicted molar refractivity (Wildman–Crippen MR) is 56.0 cm³/mol. The van der Waals surface area contributed by atoms with Gasteiger partial charge in [-0.3, -0.25) is 9.78 Å². The first-order valence-electron chi connectivity index (χ1n) is 5.46. The molecule has 0 bridgehead atoms. The van der Waals surface area contributed by atoms with Crippen molar-refractivity contribution in [3.8, 4) is 0 Å². The van der Waals surface area contributed by atoms with Crippen LogP contribution in [0.1, 0.15) is 12.1 Å². The predicted octanol–water partition coefficient (Wildman–Crippen LogP) is 1.07. The summed E-state index contributed by atoms with van der Waals surface area (Å²) in [7, 11) is 0. The van der Waals surface area contributed by atoms with Crippen LogP contribution in [-0.4, -0.2) is 29.3 Å². The second-order valence-electron chi connectivity index (χ2n) is 4.65. The highest BCUT2D eigenvalue weighted by molar-refractivity contribution is 5.74. The molecule has 0 spiro atoms. The van der Waals surface area contributed by atoms with Crippen LogP contribution in [0.2, 0.25) is 0 Å². The highest BCUT2D eigenvalue weighted by Gasteiger charge is 2.60. The van der Waals surface area contributed by atoms with E-state index in [4.69, 9.17) is 9.84 Å². The summed E-state index contributed by atoms with van der Waals surface area (Å²) in [5.74, 6) is -0.688. The molecule has 16 heavy (non-hydrogen) atoms. The number of nitrogens with zero attached hydrogens (tertiary/aromatic N) is 1. The number of hydrogen-bond donors (Lipinski definition) is 1. The second-order valence-corrected chi connectivity index (χ2v) is 4.65. The maximum absolute atomic E-state index is 10.9. The van der Waals surface area contributed by atoms with Gasteiger partial charge in [0, 0.05) is 6.20 Å². The summed E-state index contributed by atoms with van der Waals surface area (Å²) in [6, 6.07) is 5.79. The van der Waals surface area contributed by atoms with E-state index in [-0.39, 0.29) is 17.3 Å². The van der Waals surface area contributed by atoms with Crippen LogP contribution >= 0.6 is 0 Å². The molecule has 1 N–H and O–H groups in total. The Morgan fingerprint density at radius 3 is 2.75 bits per heavy atom. The van der Waals surface area contributed by atoms with Gasteiger partial charge in [0.15, 0.2) is 0 Å². The summed E-state index contributed by atoms with van der Waals surface area (Å²) >= 11 is 0. The van der Waals surface area contributed by atoms with Crippen molar-refractivity contribution < 1.29 is 14.6 Å². The van der Waals surface area contributed by atoms with Crippen molar-refractivity contribution in [1.29, 1.82) is 0 Å². The first-order chi connectivity index (χ1) is 7.74. The minimum atomic E-state index is -0.688. The lowest BCUT2D eigenvalue weighted by atomic mass is 9.76. The Hall–Kier alpha value is -1.42. The van der Waals surface area contributed by atoms with E-state index >= 15 is 0 Å². The van der Waals surface area contributed by atoms with Gasteiger partial charge >= 0.3 is 5.97 Å². The maximum Gasteiger partial charge on any atom is 0.306 e. The average Bonchev–Trinajstić information content (AvgIpc) is 2.98. The van der Waals surface area contributed by atoms with Crippen molar-refractivity contribution in [3.63, 3.8) is 0 Å². The van der Waals surface area contributed by atoms with Crippen LogP contribution in [0, 0.1) is 11.8 Å². The van der Waals surface area contributed by atoms with Crippen LogP contribution in [0.3, 0.4) is 0 Å². The smallest absolute Gasteiger partial charge is 0.306 e. The molecular formula is C12H13NO3. The Morgan fingerprint density at radius 2 is 2.31 bits per heavy atom. The van der Waals surface area contributed by atoms with Gasteiger partial charge in [0.1, 0.15) is 0 Å². The maximum atomic E-state index is 10.9. The fourth-order valence-electron chi connectivity index (χ4n) is 2.61. The Kier molecular flexibility index (Phi) is 2.01. The van der Waals surface area contributed by atoms with Gasteiger partial charge in [-0.25, -0.2) is 0 Å². The highest BCUT2D eigenvalue weighted by Crippen LogP contribution is 2.55. The van der Waals surface area contributed by atoms with E-state index in [1.165, 1.54) is 0 Å². The molecule has 84 valence electrons. The van der Waals surface area contributed by atoms with Gasteiger partial charge in [-0.05, 0) is 24.5 Å². The third kappa shape index (κ3) is 1.26. The molecule has 0 aromatic carbocycles. The van der Waals surface area contributed by atoms with Crippen LogP contribution in [-0.2, 0) is 14.9 Å². The topological polar surface area (TPSA) is 59.4 Å². The molecule has 0 amide bonds. The molecule has 1 aliphatic heterocycles. The van der Waals surface area contributed by atoms with E-state index in [1.807, 2.05) is 18.2 Å². The van der Waals surface area contributed by atoms with Gasteiger partial charge < -0.3 is 9.84 Å². The number of ether oxygens (including phenoxy) is 1. The number of aliphatic carboxylic acids is 1. The molecular weight excluding hydrogens is 206 g/mol. The van der Waals surface area contributed by atoms with Crippen LogP contribution < -0.4 is 0 Å². The lowest BCUT2D eigenvalue weighted by Gasteiger charge is -2.41. The van der Waals surface area contributed by atoms with E-state index in [2.05, 4.69) is 4.98 Å². The van der Waals surface area contributed by atoms with Crippen molar-refractivity contribution in [2.24, 2.45) is 11.8 Å². The zero-order valence-electron chi connectivity index (χ0n) is 8.80. The molecule has 4 heteroatoms. The molecule has 4 nitrogen and oxygen atoms in total. The summed E-state index contributed by atoms with van der Waals surface area (Å²) in [5, 5.41) is 8.99. The normalized spacial score (nSPS) is 30.5. The molecule has 0 radical (unpaired) electrons. The SMILES string of the molecule is O=C(O)C1CC1C1(c2ccccn2)COC1. The standard InChI is InChI=1S/C12H13NO3/c14-11(15)8-5-9(8)12(6-16-7-12)10-3-1-2-4-13-10/h1-4,8-9H,5-7H2,(H,14,15). The largest absolute Gasteiger partial charge is 0.481 e. The number of pyridine rings is 1. The number of carboxylic acid groups (broad SMARTS) is 1. The quantitative estimate of drug-likeness (QED) is 0.826. The zero-order chi connectivity index (χ0) is 11.2. The Labute approximate surface area is 93.3 Å². The molecule has 2 fully saturated rings. The van der Waals surface area contributed by atoms with E-state index in [9.17, 15) is 4.79 Å². The molecule has 2 heterocycles. The third-order valence-electron chi connectivity index (χ3n) is 3.71. The summed E-state index contributed by atoms with van der Waals surface area (Å²) in [6.07, 6.45) is 2.52. The summed E-state index contributed by atoms with van der Waals surface area (Å²) in [6.45, 7) is 1.22. The minimum absolute atomic E-state index is 0.135. The van der Waals surface area contributed by atoms with Crippen molar-refractivity contribution in [2.75, 3.05) is 13.2 Å². The highest BCUT2D eigenvalue weighted by atomic mass is 16.5. The van der Waals surface area contributed by atoms with Gasteiger partial charge in [0.05, 0.1) is 30.2 Å². The van der Waals surface area contributed by atoms with Gasteiger partial charge in [0.25, 0.3) is 0 Å². The Bertz CT molecular complexity index is 414. The van der Waals surface area contributed by atoms with Crippen molar-refractivity contribution in [2.45, 2.75) is 11.8 Å². The van der Waals surface area contributed by atoms with Crippen molar-refractivity contribution in [1.82, 2.24) is 4.98 Å². The van der Waals surface area contributed by atoms with E-state index < -0.39 is 5.97 Å². The van der Waals surface area contributed by atoms with E-state index in [1.54, 1.807) is 6.20 Å². The fraction of sp³-hybridized carbons (Fsp3) is 0.500. The molecule has 2 unspecified atom stereocenters. The van der Waals surface area contributed by atoms with Crippen molar-refractivity contribution >= 4 is 5.97 Å². The monoisotopic (exact) mass is 219 g/mol. The Morgan fingerprint density at radius 1 is 1.50 bits per heavy atom. The van der Waals surface area contributed by atoms with Gasteiger partial charge in [-0.15, -0.1) is 0 Å². The molecule has 1 saturated carbocycles. The van der Waals surface area contributed by atoms with Crippen molar-refractivity contribution in [3.05, 3.63) is 30.1 Å². The number of rotatable bonds is 3. The van der Waals surface area contributed by atoms with Crippen LogP contribution in [0.15, 0.2) is 24.4 Å². The van der Waals surface area contributed by atoms with E-state index in [0.29, 0.717) is 13.2 Å². The molecule has 1 aromatic rings. The summed E-state index contributed by atoms with van der Waals surface area (Å²) < 4.78 is 5.29. The van der Waals surface area contributed by atoms with Crippen LogP contribution in [0.4, 0.5) is 0 Å². The fourth-order valence-corrected chi connectivity index (χ4v) is 2.61. The first kappa shape index (κ1) is 9.78. The molecule has 1 aliphatic carbocycles. The van der Waals surface area contributed by atoms with Gasteiger partial charge in [0.2, 0.25) is 0 Å².